The highest BCUT2D eigenvalue weighted by Gasteiger charge is 2.37. The number of nitrogens with zero attached hydrogens (tertiary/aromatic N) is 1. The van der Waals surface area contributed by atoms with Crippen molar-refractivity contribution in [2.24, 2.45) is 0 Å². The van der Waals surface area contributed by atoms with Crippen LogP contribution in [0.25, 0.3) is 0 Å². The Labute approximate surface area is 150 Å². The van der Waals surface area contributed by atoms with Crippen LogP contribution < -0.4 is 0 Å². The van der Waals surface area contributed by atoms with E-state index in [-0.39, 0.29) is 16.8 Å². The molecule has 0 aliphatic heterocycles. The van der Waals surface area contributed by atoms with Crippen LogP contribution in [-0.4, -0.2) is 41.0 Å². The molecule has 3 nitrogen and oxygen atoms in total. The number of ether oxygens (including phenoxy) is 1. The number of benzene rings is 1. The molecule has 24 heavy (non-hydrogen) atoms. The van der Waals surface area contributed by atoms with Gasteiger partial charge in [-0.2, -0.15) is 0 Å². The number of carbonyl (C=O) groups is 1. The topological polar surface area (TPSA) is 29.5 Å². The van der Waals surface area contributed by atoms with E-state index in [0.29, 0.717) is 12.6 Å². The van der Waals surface area contributed by atoms with Crippen LogP contribution >= 0.6 is 11.8 Å². The minimum absolute atomic E-state index is 0.0835. The van der Waals surface area contributed by atoms with Crippen molar-refractivity contribution >= 4 is 16.9 Å². The molecule has 0 amide bonds. The Morgan fingerprint density at radius 1 is 1.33 bits per heavy atom. The molecular weight excluding hydrogens is 318 g/mol. The molecule has 1 aliphatic carbocycles. The number of likely N-dealkylation sites (N-methyl/N-ethyl adjacent to an activating group) is 1. The molecule has 1 aromatic carbocycles. The number of carbonyl (C=O) groups excluding carboxylic acids is 1. The third-order valence-corrected chi connectivity index (χ3v) is 5.23. The van der Waals surface area contributed by atoms with E-state index in [1.807, 2.05) is 18.2 Å². The van der Waals surface area contributed by atoms with Crippen LogP contribution in [0.4, 0.5) is 0 Å². The third-order valence-electron chi connectivity index (χ3n) is 4.76. The lowest BCUT2D eigenvalue weighted by Gasteiger charge is -2.38. The first-order valence-electron chi connectivity index (χ1n) is 8.43. The van der Waals surface area contributed by atoms with Crippen molar-refractivity contribution in [3.63, 3.8) is 0 Å². The van der Waals surface area contributed by atoms with Crippen LogP contribution in [0.5, 0.6) is 0 Å². The standard InChI is InChI=1S/C20H27NO2S/c1-20(2,14-13-19(22)24-4)21(3)17-11-8-12-18(17)23-15-16-9-6-5-7-10-16/h5-7,9-10,17-18H,8,11-12,15H2,1-4H3/t17-,18-/m1/s1. The molecule has 0 unspecified atom stereocenters. The fraction of sp³-hybridized carbons (Fsp3) is 0.550. The third kappa shape index (κ3) is 5.11. The van der Waals surface area contributed by atoms with Gasteiger partial charge in [0.1, 0.15) is 0 Å². The van der Waals surface area contributed by atoms with E-state index in [2.05, 4.69) is 49.8 Å². The van der Waals surface area contributed by atoms with Crippen molar-refractivity contribution in [2.75, 3.05) is 13.3 Å². The van der Waals surface area contributed by atoms with Gasteiger partial charge in [-0.1, -0.05) is 48.0 Å². The van der Waals surface area contributed by atoms with Gasteiger partial charge in [0.15, 0.2) is 0 Å². The Kier molecular flexibility index (Phi) is 6.91. The lowest BCUT2D eigenvalue weighted by Crippen LogP contribution is -2.50. The molecule has 0 spiro atoms. The van der Waals surface area contributed by atoms with Crippen molar-refractivity contribution in [1.82, 2.24) is 4.90 Å². The van der Waals surface area contributed by atoms with E-state index < -0.39 is 0 Å². The van der Waals surface area contributed by atoms with Crippen LogP contribution in [0.3, 0.4) is 0 Å². The quantitative estimate of drug-likeness (QED) is 0.761. The lowest BCUT2D eigenvalue weighted by atomic mass is 10.00. The molecule has 0 aromatic heterocycles. The largest absolute Gasteiger partial charge is 0.372 e. The van der Waals surface area contributed by atoms with Crippen molar-refractivity contribution < 1.29 is 9.53 Å². The van der Waals surface area contributed by atoms with E-state index in [0.717, 1.165) is 24.6 Å². The summed E-state index contributed by atoms with van der Waals surface area (Å²) in [5, 5.41) is -0.0835. The lowest BCUT2D eigenvalue weighted by molar-refractivity contribution is -0.106. The molecule has 1 aliphatic rings. The average Bonchev–Trinajstić information content (AvgIpc) is 3.06. The molecule has 2 atom stereocenters. The van der Waals surface area contributed by atoms with Crippen molar-refractivity contribution in [2.45, 2.75) is 57.4 Å². The summed E-state index contributed by atoms with van der Waals surface area (Å²) in [5.74, 6) is 5.87. The fourth-order valence-corrected chi connectivity index (χ4v) is 3.23. The summed E-state index contributed by atoms with van der Waals surface area (Å²) in [6.45, 7) is 4.78. The van der Waals surface area contributed by atoms with E-state index in [1.54, 1.807) is 6.26 Å². The monoisotopic (exact) mass is 345 g/mol. The van der Waals surface area contributed by atoms with Crippen LogP contribution in [0.1, 0.15) is 38.7 Å². The minimum atomic E-state index is -0.352. The Morgan fingerprint density at radius 2 is 2.04 bits per heavy atom. The normalized spacial score (nSPS) is 20.7. The van der Waals surface area contributed by atoms with Crippen molar-refractivity contribution in [3.05, 3.63) is 35.9 Å². The highest BCUT2D eigenvalue weighted by Crippen LogP contribution is 2.30. The zero-order valence-electron chi connectivity index (χ0n) is 15.0. The Morgan fingerprint density at radius 3 is 2.71 bits per heavy atom. The molecule has 0 N–H and O–H groups in total. The number of thioether (sulfide) groups is 1. The summed E-state index contributed by atoms with van der Waals surface area (Å²) in [6, 6.07) is 10.6. The molecule has 2 rings (SSSR count). The summed E-state index contributed by atoms with van der Waals surface area (Å²) >= 11 is 1.16. The first-order valence-corrected chi connectivity index (χ1v) is 9.66. The van der Waals surface area contributed by atoms with Gasteiger partial charge in [0.2, 0.25) is 0 Å². The van der Waals surface area contributed by atoms with E-state index in [1.165, 1.54) is 12.0 Å². The van der Waals surface area contributed by atoms with Gasteiger partial charge in [-0.15, -0.1) is 0 Å². The van der Waals surface area contributed by atoms with E-state index in [9.17, 15) is 4.79 Å². The number of hydrogen-bond donors (Lipinski definition) is 0. The average molecular weight is 346 g/mol. The van der Waals surface area contributed by atoms with Gasteiger partial charge >= 0.3 is 0 Å². The molecule has 1 aromatic rings. The highest BCUT2D eigenvalue weighted by atomic mass is 32.2. The van der Waals surface area contributed by atoms with Gasteiger partial charge < -0.3 is 4.74 Å². The van der Waals surface area contributed by atoms with Gasteiger partial charge in [-0.05, 0) is 57.9 Å². The van der Waals surface area contributed by atoms with Gasteiger partial charge in [0, 0.05) is 6.04 Å². The summed E-state index contributed by atoms with van der Waals surface area (Å²) in [4.78, 5) is 13.7. The SMILES string of the molecule is CSC(=O)C#CC(C)(C)N(C)[C@@H]1CCC[C@H]1OCc1ccccc1. The Balaban J connectivity index is 2.00. The van der Waals surface area contributed by atoms with Crippen LogP contribution in [-0.2, 0) is 16.1 Å². The summed E-state index contributed by atoms with van der Waals surface area (Å²) in [5.41, 5.74) is 0.852. The highest BCUT2D eigenvalue weighted by molar-refractivity contribution is 8.13. The molecule has 0 heterocycles. The predicted octanol–water partition coefficient (Wildman–Crippen LogP) is 3.73. The molecule has 0 radical (unpaired) electrons. The van der Waals surface area contributed by atoms with Gasteiger partial charge in [-0.25, -0.2) is 0 Å². The zero-order valence-corrected chi connectivity index (χ0v) is 15.9. The van der Waals surface area contributed by atoms with Crippen molar-refractivity contribution in [1.29, 1.82) is 0 Å². The Hall–Kier alpha value is -1.28. The second-order valence-corrected chi connectivity index (χ2v) is 7.52. The number of hydrogen-bond acceptors (Lipinski definition) is 4. The van der Waals surface area contributed by atoms with Gasteiger partial charge in [0.05, 0.1) is 18.2 Å². The molecule has 1 fully saturated rings. The summed E-state index contributed by atoms with van der Waals surface area (Å²) < 4.78 is 6.20. The maximum atomic E-state index is 11.5. The minimum Gasteiger partial charge on any atom is -0.372 e. The van der Waals surface area contributed by atoms with Gasteiger partial charge in [0.25, 0.3) is 5.12 Å². The Bertz CT molecular complexity index is 603. The van der Waals surface area contributed by atoms with Crippen LogP contribution in [0.2, 0.25) is 0 Å². The number of rotatable bonds is 5. The first kappa shape index (κ1) is 19.1. The molecule has 0 saturated heterocycles. The first-order chi connectivity index (χ1) is 11.4. The molecular formula is C20H27NO2S. The predicted molar refractivity (Wildman–Crippen MR) is 101 cm³/mol. The fourth-order valence-electron chi connectivity index (χ4n) is 3.08. The molecule has 4 heteroatoms. The maximum absolute atomic E-state index is 11.5. The second-order valence-electron chi connectivity index (χ2n) is 6.74. The summed E-state index contributed by atoms with van der Waals surface area (Å²) in [7, 11) is 2.09. The molecule has 1 saturated carbocycles. The maximum Gasteiger partial charge on any atom is 0.262 e. The summed E-state index contributed by atoms with van der Waals surface area (Å²) in [6.07, 6.45) is 5.33. The van der Waals surface area contributed by atoms with Crippen molar-refractivity contribution in [3.8, 4) is 11.8 Å². The second kappa shape index (κ2) is 8.71. The zero-order chi connectivity index (χ0) is 17.6. The van der Waals surface area contributed by atoms with E-state index in [4.69, 9.17) is 4.74 Å². The molecule has 130 valence electrons. The van der Waals surface area contributed by atoms with Crippen LogP contribution in [0, 0.1) is 11.8 Å². The molecule has 0 bridgehead atoms. The van der Waals surface area contributed by atoms with Gasteiger partial charge in [-0.3, -0.25) is 9.69 Å². The van der Waals surface area contributed by atoms with Crippen LogP contribution in [0.15, 0.2) is 30.3 Å². The van der Waals surface area contributed by atoms with E-state index >= 15 is 0 Å². The smallest absolute Gasteiger partial charge is 0.262 e.